The number of hydrogen-bond acceptors (Lipinski definition) is 2. The Morgan fingerprint density at radius 1 is 0.931 bits per heavy atom. The van der Waals surface area contributed by atoms with Gasteiger partial charge in [-0.15, -0.1) is 11.3 Å². The molecule has 4 heterocycles. The molecule has 138 valence electrons. The summed E-state index contributed by atoms with van der Waals surface area (Å²) >= 11 is 1.79. The Bertz CT molecular complexity index is 1790. The molecule has 3 nitrogen and oxygen atoms in total. The highest BCUT2D eigenvalue weighted by atomic mass is 32.1. The molecule has 0 amide bonds. The number of para-hydroxylation sites is 1. The van der Waals surface area contributed by atoms with Crippen LogP contribution >= 0.6 is 11.3 Å². The van der Waals surface area contributed by atoms with Crippen molar-refractivity contribution < 1.29 is 4.57 Å². The smallest absolute Gasteiger partial charge is 0.287 e. The fourth-order valence-electron chi connectivity index (χ4n) is 5.21. The molecular weight excluding hydrogens is 374 g/mol. The first kappa shape index (κ1) is 15.7. The van der Waals surface area contributed by atoms with Crippen molar-refractivity contribution in [1.29, 1.82) is 0 Å². The van der Waals surface area contributed by atoms with Crippen LogP contribution in [-0.2, 0) is 7.05 Å². The van der Waals surface area contributed by atoms with Crippen molar-refractivity contribution in [2.45, 2.75) is 13.8 Å². The SMILES string of the molecule is Cc1cc2c3ccccc3n3c2c(c1C)c1c2c(cc4sccc4c23)nc[n+]1C. The van der Waals surface area contributed by atoms with Gasteiger partial charge in [-0.25, -0.2) is 4.57 Å². The summed E-state index contributed by atoms with van der Waals surface area (Å²) in [6, 6.07) is 15.7. The summed E-state index contributed by atoms with van der Waals surface area (Å²) < 4.78 is 5.99. The summed E-state index contributed by atoms with van der Waals surface area (Å²) in [5.41, 5.74) is 8.90. The minimum absolute atomic E-state index is 1.07. The Balaban J connectivity index is 2.06. The first-order chi connectivity index (χ1) is 14.1. The molecule has 0 spiro atoms. The van der Waals surface area contributed by atoms with Crippen molar-refractivity contribution in [3.8, 4) is 0 Å². The molecule has 0 fully saturated rings. The normalized spacial score (nSPS) is 12.7. The Morgan fingerprint density at radius 3 is 2.66 bits per heavy atom. The minimum Gasteiger partial charge on any atom is -0.307 e. The maximum absolute atomic E-state index is 4.82. The van der Waals surface area contributed by atoms with E-state index in [-0.39, 0.29) is 0 Å². The lowest BCUT2D eigenvalue weighted by Gasteiger charge is -2.15. The number of hydrogen-bond donors (Lipinski definition) is 0. The summed E-state index contributed by atoms with van der Waals surface area (Å²) in [6.45, 7) is 4.49. The number of nitrogens with zero attached hydrogens (tertiary/aromatic N) is 3. The van der Waals surface area contributed by atoms with E-state index in [9.17, 15) is 0 Å². The topological polar surface area (TPSA) is 21.2 Å². The van der Waals surface area contributed by atoms with Crippen molar-refractivity contribution in [2.75, 3.05) is 0 Å². The third-order valence-corrected chi connectivity index (χ3v) is 7.47. The van der Waals surface area contributed by atoms with Gasteiger partial charge in [-0.1, -0.05) is 18.2 Å². The van der Waals surface area contributed by atoms with E-state index >= 15 is 0 Å². The molecule has 0 N–H and O–H groups in total. The van der Waals surface area contributed by atoms with Crippen LogP contribution in [-0.4, -0.2) is 9.38 Å². The van der Waals surface area contributed by atoms with Gasteiger partial charge in [0, 0.05) is 26.9 Å². The molecule has 0 atom stereocenters. The van der Waals surface area contributed by atoms with Crippen LogP contribution in [0.4, 0.5) is 0 Å². The Hall–Kier alpha value is -3.24. The Labute approximate surface area is 170 Å². The quantitative estimate of drug-likeness (QED) is 0.175. The van der Waals surface area contributed by atoms with Crippen LogP contribution in [0.5, 0.6) is 0 Å². The minimum atomic E-state index is 1.07. The molecule has 4 aromatic heterocycles. The van der Waals surface area contributed by atoms with Gasteiger partial charge in [0.05, 0.1) is 34.4 Å². The number of aryl methyl sites for hydroxylation is 3. The van der Waals surface area contributed by atoms with Gasteiger partial charge in [0.1, 0.15) is 5.52 Å². The highest BCUT2D eigenvalue weighted by Crippen LogP contribution is 2.43. The molecule has 0 radical (unpaired) electrons. The lowest BCUT2D eigenvalue weighted by molar-refractivity contribution is -0.646. The van der Waals surface area contributed by atoms with E-state index in [1.54, 1.807) is 11.3 Å². The summed E-state index contributed by atoms with van der Waals surface area (Å²) in [7, 11) is 2.12. The first-order valence-electron chi connectivity index (χ1n) is 9.88. The van der Waals surface area contributed by atoms with E-state index in [1.165, 1.54) is 64.8 Å². The number of aromatic nitrogens is 3. The highest BCUT2D eigenvalue weighted by molar-refractivity contribution is 7.17. The fraction of sp³-hybridized carbons (Fsp3) is 0.120. The molecule has 7 aromatic rings. The van der Waals surface area contributed by atoms with E-state index in [4.69, 9.17) is 4.98 Å². The van der Waals surface area contributed by atoms with Crippen LogP contribution in [0.15, 0.2) is 54.2 Å². The van der Waals surface area contributed by atoms with Gasteiger partial charge < -0.3 is 4.40 Å². The second-order valence-electron chi connectivity index (χ2n) is 8.10. The maximum atomic E-state index is 4.82. The summed E-state index contributed by atoms with van der Waals surface area (Å²) in [5, 5.41) is 8.75. The molecular formula is C25H18N3S+. The molecule has 0 aliphatic heterocycles. The predicted molar refractivity (Wildman–Crippen MR) is 122 cm³/mol. The van der Waals surface area contributed by atoms with Crippen LogP contribution in [0.2, 0.25) is 0 Å². The highest BCUT2D eigenvalue weighted by Gasteiger charge is 2.25. The van der Waals surface area contributed by atoms with Gasteiger partial charge in [-0.05, 0) is 53.5 Å². The fourth-order valence-corrected chi connectivity index (χ4v) is 6.03. The number of benzene rings is 3. The maximum Gasteiger partial charge on any atom is 0.287 e. The molecule has 0 aliphatic carbocycles. The molecule has 4 heteroatoms. The summed E-state index contributed by atoms with van der Waals surface area (Å²) in [4.78, 5) is 4.82. The summed E-state index contributed by atoms with van der Waals surface area (Å²) in [5.74, 6) is 0. The van der Waals surface area contributed by atoms with E-state index in [0.29, 0.717) is 0 Å². The van der Waals surface area contributed by atoms with Gasteiger partial charge in [0.15, 0.2) is 5.52 Å². The molecule has 7 rings (SSSR count). The number of thiophene rings is 1. The predicted octanol–water partition coefficient (Wildman–Crippen LogP) is 6.04. The zero-order chi connectivity index (χ0) is 19.4. The lowest BCUT2D eigenvalue weighted by atomic mass is 9.97. The van der Waals surface area contributed by atoms with Gasteiger partial charge in [-0.2, -0.15) is 0 Å². The monoisotopic (exact) mass is 392 g/mol. The number of pyridine rings is 1. The Morgan fingerprint density at radius 2 is 1.76 bits per heavy atom. The van der Waals surface area contributed by atoms with Crippen molar-refractivity contribution >= 4 is 70.6 Å². The number of fused-ring (bicyclic) bond motifs is 7. The molecule has 0 unspecified atom stereocenters. The largest absolute Gasteiger partial charge is 0.307 e. The third kappa shape index (κ3) is 1.70. The Kier molecular flexibility index (Phi) is 2.71. The van der Waals surface area contributed by atoms with Crippen LogP contribution in [0.1, 0.15) is 11.1 Å². The second kappa shape index (κ2) is 5.02. The standard InChI is InChI=1S/C25H18N3S/c1-13-10-17-15-6-4-5-7-19(15)28-23-16-8-9-29-20(16)11-18-22(23)25(27(3)12-26-18)21(14(13)2)24(17)28/h4-12H,1-3H3/q+1. The summed E-state index contributed by atoms with van der Waals surface area (Å²) in [6.07, 6.45) is 1.97. The number of rotatable bonds is 0. The van der Waals surface area contributed by atoms with Crippen LogP contribution in [0, 0.1) is 13.8 Å². The van der Waals surface area contributed by atoms with Gasteiger partial charge in [0.2, 0.25) is 0 Å². The average molecular weight is 393 g/mol. The van der Waals surface area contributed by atoms with Crippen LogP contribution in [0.25, 0.3) is 59.2 Å². The van der Waals surface area contributed by atoms with Gasteiger partial charge in [-0.3, -0.25) is 0 Å². The molecule has 0 saturated heterocycles. The van der Waals surface area contributed by atoms with Crippen molar-refractivity contribution in [3.63, 3.8) is 0 Å². The van der Waals surface area contributed by atoms with Crippen LogP contribution in [0.3, 0.4) is 0 Å². The van der Waals surface area contributed by atoms with Crippen molar-refractivity contribution in [2.24, 2.45) is 7.05 Å². The molecule has 0 aliphatic rings. The van der Waals surface area contributed by atoms with Crippen molar-refractivity contribution in [1.82, 2.24) is 9.38 Å². The third-order valence-electron chi connectivity index (χ3n) is 6.61. The zero-order valence-electron chi connectivity index (χ0n) is 16.4. The van der Waals surface area contributed by atoms with Crippen LogP contribution < -0.4 is 4.57 Å². The average Bonchev–Trinajstić information content (AvgIpc) is 3.32. The van der Waals surface area contributed by atoms with Gasteiger partial charge in [0.25, 0.3) is 6.33 Å². The van der Waals surface area contributed by atoms with E-state index in [2.05, 4.69) is 77.7 Å². The van der Waals surface area contributed by atoms with E-state index in [0.717, 1.165) is 5.52 Å². The van der Waals surface area contributed by atoms with E-state index < -0.39 is 0 Å². The lowest BCUT2D eigenvalue weighted by Crippen LogP contribution is -2.30. The second-order valence-corrected chi connectivity index (χ2v) is 9.05. The molecule has 0 saturated carbocycles. The zero-order valence-corrected chi connectivity index (χ0v) is 17.3. The molecule has 29 heavy (non-hydrogen) atoms. The molecule has 3 aromatic carbocycles. The first-order valence-corrected chi connectivity index (χ1v) is 10.8. The molecule has 0 bridgehead atoms. The van der Waals surface area contributed by atoms with Gasteiger partial charge >= 0.3 is 0 Å². The van der Waals surface area contributed by atoms with E-state index in [1.807, 2.05) is 6.33 Å². The van der Waals surface area contributed by atoms with Crippen molar-refractivity contribution in [3.05, 3.63) is 65.3 Å².